The maximum absolute atomic E-state index is 6.02. The molecule has 0 aromatic carbocycles. The minimum atomic E-state index is -0.205. The molecule has 0 aromatic rings. The van der Waals surface area contributed by atoms with E-state index in [1.807, 2.05) is 0 Å². The maximum Gasteiger partial charge on any atom is 0.168 e. The third-order valence-corrected chi connectivity index (χ3v) is 4.04. The van der Waals surface area contributed by atoms with E-state index in [0.717, 1.165) is 37.7 Å². The molecule has 2 heteroatoms. The van der Waals surface area contributed by atoms with Crippen LogP contribution in [0.1, 0.15) is 52.9 Å². The van der Waals surface area contributed by atoms with Crippen LogP contribution < -0.4 is 0 Å². The van der Waals surface area contributed by atoms with Gasteiger partial charge in [-0.25, -0.2) is 0 Å². The Morgan fingerprint density at radius 1 is 1.13 bits per heavy atom. The van der Waals surface area contributed by atoms with E-state index in [1.54, 1.807) is 0 Å². The third kappa shape index (κ3) is 2.54. The first kappa shape index (κ1) is 11.4. The number of hydrogen-bond acceptors (Lipinski definition) is 2. The Hall–Kier alpha value is -0.0800. The predicted octanol–water partition coefficient (Wildman–Crippen LogP) is 3.35. The second-order valence-electron chi connectivity index (χ2n) is 5.56. The highest BCUT2D eigenvalue weighted by atomic mass is 16.7. The molecule has 2 nitrogen and oxygen atoms in total. The molecule has 2 aliphatic rings. The Morgan fingerprint density at radius 3 is 2.33 bits per heavy atom. The third-order valence-electron chi connectivity index (χ3n) is 4.04. The Bertz CT molecular complexity index is 205. The van der Waals surface area contributed by atoms with E-state index in [-0.39, 0.29) is 5.79 Å². The first-order chi connectivity index (χ1) is 7.11. The van der Waals surface area contributed by atoms with Crippen molar-refractivity contribution in [3.63, 3.8) is 0 Å². The van der Waals surface area contributed by atoms with Crippen molar-refractivity contribution in [1.82, 2.24) is 0 Å². The van der Waals surface area contributed by atoms with Crippen molar-refractivity contribution in [1.29, 1.82) is 0 Å². The van der Waals surface area contributed by atoms with Gasteiger partial charge in [-0.05, 0) is 38.0 Å². The van der Waals surface area contributed by atoms with Crippen LogP contribution in [0.15, 0.2) is 0 Å². The Morgan fingerprint density at radius 2 is 1.80 bits per heavy atom. The Kier molecular flexibility index (Phi) is 3.36. The van der Waals surface area contributed by atoms with Crippen molar-refractivity contribution in [2.24, 2.45) is 11.8 Å². The van der Waals surface area contributed by atoms with Crippen molar-refractivity contribution in [2.75, 3.05) is 6.61 Å². The van der Waals surface area contributed by atoms with Gasteiger partial charge in [0.05, 0.1) is 12.7 Å². The molecule has 1 spiro atoms. The first-order valence-electron chi connectivity index (χ1n) is 6.43. The molecule has 0 radical (unpaired) electrons. The van der Waals surface area contributed by atoms with Crippen LogP contribution in [0.3, 0.4) is 0 Å². The van der Waals surface area contributed by atoms with Gasteiger partial charge >= 0.3 is 0 Å². The summed E-state index contributed by atoms with van der Waals surface area (Å²) < 4.78 is 11.9. The van der Waals surface area contributed by atoms with Gasteiger partial charge in [-0.15, -0.1) is 0 Å². The molecule has 0 N–H and O–H groups in total. The maximum atomic E-state index is 6.02. The highest BCUT2D eigenvalue weighted by Crippen LogP contribution is 2.41. The summed E-state index contributed by atoms with van der Waals surface area (Å²) in [5, 5.41) is 0. The summed E-state index contributed by atoms with van der Waals surface area (Å²) in [6.07, 6.45) is 6.17. The van der Waals surface area contributed by atoms with Gasteiger partial charge in [0.2, 0.25) is 0 Å². The summed E-state index contributed by atoms with van der Waals surface area (Å²) in [7, 11) is 0. The summed E-state index contributed by atoms with van der Waals surface area (Å²) in [6.45, 7) is 7.70. The second-order valence-corrected chi connectivity index (χ2v) is 5.56. The van der Waals surface area contributed by atoms with Crippen LogP contribution in [0.2, 0.25) is 0 Å². The molecule has 0 bridgehead atoms. The van der Waals surface area contributed by atoms with E-state index in [4.69, 9.17) is 9.47 Å². The summed E-state index contributed by atoms with van der Waals surface area (Å²) in [6, 6.07) is 0. The van der Waals surface area contributed by atoms with E-state index in [2.05, 4.69) is 20.8 Å². The lowest BCUT2D eigenvalue weighted by Gasteiger charge is -2.45. The van der Waals surface area contributed by atoms with E-state index in [0.29, 0.717) is 6.10 Å². The van der Waals surface area contributed by atoms with Gasteiger partial charge in [0.25, 0.3) is 0 Å². The average Bonchev–Trinajstić information content (AvgIpc) is 2.18. The molecule has 1 unspecified atom stereocenters. The fraction of sp³-hybridized carbons (Fsp3) is 1.00. The zero-order valence-corrected chi connectivity index (χ0v) is 10.3. The lowest BCUT2D eigenvalue weighted by Crippen LogP contribution is -2.46. The van der Waals surface area contributed by atoms with Crippen molar-refractivity contribution in [3.05, 3.63) is 0 Å². The van der Waals surface area contributed by atoms with E-state index in [9.17, 15) is 0 Å². The average molecular weight is 212 g/mol. The highest BCUT2D eigenvalue weighted by Gasteiger charge is 2.41. The fourth-order valence-electron chi connectivity index (χ4n) is 2.88. The van der Waals surface area contributed by atoms with Gasteiger partial charge in [0.15, 0.2) is 5.79 Å². The summed E-state index contributed by atoms with van der Waals surface area (Å²) >= 11 is 0. The Balaban J connectivity index is 1.90. The molecule has 1 saturated heterocycles. The van der Waals surface area contributed by atoms with Crippen LogP contribution in [0, 0.1) is 11.8 Å². The molecule has 2 fully saturated rings. The molecule has 0 amide bonds. The number of hydrogen-bond donors (Lipinski definition) is 0. The molecule has 0 aromatic heterocycles. The standard InChI is InChI=1S/C13H24O2/c1-10(2)12-4-7-13(8-5-12)14-9-6-11(3)15-13/h10-12H,4-9H2,1-3H3. The monoisotopic (exact) mass is 212 g/mol. The number of rotatable bonds is 1. The van der Waals surface area contributed by atoms with Crippen molar-refractivity contribution in [2.45, 2.75) is 64.8 Å². The van der Waals surface area contributed by atoms with Crippen molar-refractivity contribution >= 4 is 0 Å². The van der Waals surface area contributed by atoms with E-state index in [1.165, 1.54) is 12.8 Å². The normalized spacial score (nSPS) is 42.4. The van der Waals surface area contributed by atoms with E-state index >= 15 is 0 Å². The van der Waals surface area contributed by atoms with Crippen LogP contribution in [0.25, 0.3) is 0 Å². The molecule has 88 valence electrons. The fourth-order valence-corrected chi connectivity index (χ4v) is 2.88. The molecule has 1 aliphatic heterocycles. The molecule has 1 saturated carbocycles. The van der Waals surface area contributed by atoms with Crippen LogP contribution in [-0.4, -0.2) is 18.5 Å². The molecule has 1 heterocycles. The quantitative estimate of drug-likeness (QED) is 0.663. The largest absolute Gasteiger partial charge is 0.350 e. The molecular weight excluding hydrogens is 188 g/mol. The molecule has 2 rings (SSSR count). The second kappa shape index (κ2) is 4.42. The smallest absolute Gasteiger partial charge is 0.168 e. The van der Waals surface area contributed by atoms with Crippen LogP contribution >= 0.6 is 0 Å². The predicted molar refractivity (Wildman–Crippen MR) is 60.6 cm³/mol. The van der Waals surface area contributed by atoms with Crippen LogP contribution in [0.5, 0.6) is 0 Å². The van der Waals surface area contributed by atoms with Gasteiger partial charge in [-0.2, -0.15) is 0 Å². The summed E-state index contributed by atoms with van der Waals surface area (Å²) in [5.41, 5.74) is 0. The van der Waals surface area contributed by atoms with E-state index < -0.39 is 0 Å². The first-order valence-corrected chi connectivity index (χ1v) is 6.43. The van der Waals surface area contributed by atoms with Gasteiger partial charge in [0, 0.05) is 12.8 Å². The molecule has 1 aliphatic carbocycles. The zero-order chi connectivity index (χ0) is 10.9. The molecular formula is C13H24O2. The van der Waals surface area contributed by atoms with Crippen molar-refractivity contribution < 1.29 is 9.47 Å². The molecule has 1 atom stereocenters. The highest BCUT2D eigenvalue weighted by molar-refractivity contribution is 4.83. The van der Waals surface area contributed by atoms with Crippen LogP contribution in [-0.2, 0) is 9.47 Å². The molecule has 15 heavy (non-hydrogen) atoms. The number of ether oxygens (including phenoxy) is 2. The topological polar surface area (TPSA) is 18.5 Å². The zero-order valence-electron chi connectivity index (χ0n) is 10.3. The van der Waals surface area contributed by atoms with Gasteiger partial charge < -0.3 is 9.47 Å². The van der Waals surface area contributed by atoms with Gasteiger partial charge in [0.1, 0.15) is 0 Å². The Labute approximate surface area is 93.3 Å². The van der Waals surface area contributed by atoms with Crippen molar-refractivity contribution in [3.8, 4) is 0 Å². The summed E-state index contributed by atoms with van der Waals surface area (Å²) in [4.78, 5) is 0. The van der Waals surface area contributed by atoms with Gasteiger partial charge in [-0.3, -0.25) is 0 Å². The minimum absolute atomic E-state index is 0.205. The van der Waals surface area contributed by atoms with Crippen LogP contribution in [0.4, 0.5) is 0 Å². The van der Waals surface area contributed by atoms with Gasteiger partial charge in [-0.1, -0.05) is 13.8 Å². The lowest BCUT2D eigenvalue weighted by molar-refractivity contribution is -0.305. The minimum Gasteiger partial charge on any atom is -0.350 e. The SMILES string of the molecule is CC1CCOC2(CCC(C(C)C)CC2)O1. The lowest BCUT2D eigenvalue weighted by atomic mass is 9.78. The summed E-state index contributed by atoms with van der Waals surface area (Å²) in [5.74, 6) is 1.48.